The summed E-state index contributed by atoms with van der Waals surface area (Å²) in [5.74, 6) is 0.455. The first-order valence-electron chi connectivity index (χ1n) is 7.39. The minimum atomic E-state index is -0.276. The minimum Gasteiger partial charge on any atom is -0.340 e. The average Bonchev–Trinajstić information content (AvgIpc) is 2.42. The summed E-state index contributed by atoms with van der Waals surface area (Å²) in [6.45, 7) is 4.09. The molecule has 1 N–H and O–H groups in total. The van der Waals surface area contributed by atoms with Gasteiger partial charge in [-0.15, -0.1) is 0 Å². The molecule has 2 atom stereocenters. The zero-order valence-corrected chi connectivity index (χ0v) is 11.7. The summed E-state index contributed by atoms with van der Waals surface area (Å²) in [4.78, 5) is 12.0. The average molecular weight is 250 g/mol. The summed E-state index contributed by atoms with van der Waals surface area (Å²) in [5.41, 5.74) is 0. The van der Waals surface area contributed by atoms with Crippen LogP contribution >= 0.6 is 0 Å². The first-order valence-corrected chi connectivity index (χ1v) is 7.39. The van der Waals surface area contributed by atoms with Gasteiger partial charge >= 0.3 is 0 Å². The summed E-state index contributed by atoms with van der Waals surface area (Å²) < 4.78 is 0. The van der Waals surface area contributed by atoms with Crippen molar-refractivity contribution in [3.05, 3.63) is 0 Å². The number of hydrogen-bond donors (Lipinski definition) is 1. The lowest BCUT2D eigenvalue weighted by Crippen LogP contribution is -2.42. The molecule has 1 rings (SSSR count). The Hall–Kier alpha value is -1.04. The van der Waals surface area contributed by atoms with E-state index in [1.54, 1.807) is 0 Å². The Morgan fingerprint density at radius 1 is 1.39 bits per heavy atom. The third-order valence-electron chi connectivity index (χ3n) is 4.00. The van der Waals surface area contributed by atoms with Gasteiger partial charge in [0.25, 0.3) is 0 Å². The fourth-order valence-corrected chi connectivity index (χ4v) is 2.66. The van der Waals surface area contributed by atoms with Crippen molar-refractivity contribution in [3.63, 3.8) is 0 Å². The van der Waals surface area contributed by atoms with Crippen molar-refractivity contribution in [2.45, 2.75) is 71.3 Å². The van der Waals surface area contributed by atoms with Gasteiger partial charge in [-0.05, 0) is 25.2 Å². The highest BCUT2D eigenvalue weighted by atomic mass is 16.1. The molecule has 0 saturated heterocycles. The van der Waals surface area contributed by atoms with E-state index in [0.717, 1.165) is 32.1 Å². The van der Waals surface area contributed by atoms with Gasteiger partial charge in [0.1, 0.15) is 6.04 Å². The van der Waals surface area contributed by atoms with E-state index in [4.69, 9.17) is 0 Å². The number of hydrogen-bond acceptors (Lipinski definition) is 2. The zero-order valence-electron chi connectivity index (χ0n) is 11.7. The quantitative estimate of drug-likeness (QED) is 0.785. The number of rotatable bonds is 6. The van der Waals surface area contributed by atoms with Gasteiger partial charge < -0.3 is 5.32 Å². The molecule has 0 aromatic carbocycles. The molecule has 1 aliphatic carbocycles. The standard InChI is InChI=1S/C15H26N2O/c1-3-4-8-12(2)15(18)17-14(11-16)13-9-6-5-7-10-13/h12-14H,3-10H2,1-2H3,(H,17,18). The Balaban J connectivity index is 2.42. The Bertz CT molecular complexity index is 289. The molecule has 2 unspecified atom stereocenters. The predicted octanol–water partition coefficient (Wildman–Crippen LogP) is 3.40. The van der Waals surface area contributed by atoms with Gasteiger partial charge in [0, 0.05) is 5.92 Å². The van der Waals surface area contributed by atoms with E-state index in [1.807, 2.05) is 6.92 Å². The van der Waals surface area contributed by atoms with Gasteiger partial charge in [-0.1, -0.05) is 46.0 Å². The Labute approximate surface area is 111 Å². The van der Waals surface area contributed by atoms with E-state index in [9.17, 15) is 10.1 Å². The second-order valence-corrected chi connectivity index (χ2v) is 5.56. The molecular weight excluding hydrogens is 224 g/mol. The van der Waals surface area contributed by atoms with Crippen molar-refractivity contribution in [2.24, 2.45) is 11.8 Å². The molecule has 102 valence electrons. The van der Waals surface area contributed by atoms with Gasteiger partial charge in [-0.25, -0.2) is 0 Å². The summed E-state index contributed by atoms with van der Waals surface area (Å²) in [6.07, 6.45) is 8.95. The Morgan fingerprint density at radius 3 is 2.61 bits per heavy atom. The van der Waals surface area contributed by atoms with Crippen LogP contribution in [0, 0.1) is 23.2 Å². The molecular formula is C15H26N2O. The molecule has 3 nitrogen and oxygen atoms in total. The van der Waals surface area contributed by atoms with Crippen molar-refractivity contribution in [2.75, 3.05) is 0 Å². The second-order valence-electron chi connectivity index (χ2n) is 5.56. The molecule has 1 saturated carbocycles. The van der Waals surface area contributed by atoms with Crippen LogP contribution in [0.1, 0.15) is 65.2 Å². The summed E-state index contributed by atoms with van der Waals surface area (Å²) in [7, 11) is 0. The Kier molecular flexibility index (Phi) is 6.78. The number of carbonyl (C=O) groups excluding carboxylic acids is 1. The van der Waals surface area contributed by atoms with E-state index in [1.165, 1.54) is 19.3 Å². The van der Waals surface area contributed by atoms with Crippen LogP contribution in [0.3, 0.4) is 0 Å². The van der Waals surface area contributed by atoms with Crippen LogP contribution in [0.2, 0.25) is 0 Å². The number of carbonyl (C=O) groups is 1. The van der Waals surface area contributed by atoms with Gasteiger partial charge in [0.2, 0.25) is 5.91 Å². The fraction of sp³-hybridized carbons (Fsp3) is 0.867. The van der Waals surface area contributed by atoms with Crippen LogP contribution in [0.25, 0.3) is 0 Å². The molecule has 0 heterocycles. The molecule has 0 radical (unpaired) electrons. The lowest BCUT2D eigenvalue weighted by molar-refractivity contribution is -0.125. The molecule has 0 aromatic heterocycles. The highest BCUT2D eigenvalue weighted by molar-refractivity contribution is 5.78. The lowest BCUT2D eigenvalue weighted by Gasteiger charge is -2.27. The van der Waals surface area contributed by atoms with Crippen molar-refractivity contribution < 1.29 is 4.79 Å². The summed E-state index contributed by atoms with van der Waals surface area (Å²) >= 11 is 0. The summed E-state index contributed by atoms with van der Waals surface area (Å²) in [5, 5.41) is 12.2. The maximum atomic E-state index is 12.0. The fourth-order valence-electron chi connectivity index (χ4n) is 2.66. The van der Waals surface area contributed by atoms with Gasteiger partial charge in [-0.3, -0.25) is 4.79 Å². The van der Waals surface area contributed by atoms with Crippen LogP contribution in [-0.4, -0.2) is 11.9 Å². The molecule has 0 bridgehead atoms. The first-order chi connectivity index (χ1) is 8.69. The van der Waals surface area contributed by atoms with Crippen LogP contribution in [0.15, 0.2) is 0 Å². The number of amides is 1. The highest BCUT2D eigenvalue weighted by Gasteiger charge is 2.26. The van der Waals surface area contributed by atoms with E-state index in [2.05, 4.69) is 18.3 Å². The van der Waals surface area contributed by atoms with Crippen LogP contribution in [-0.2, 0) is 4.79 Å². The zero-order chi connectivity index (χ0) is 13.4. The number of unbranched alkanes of at least 4 members (excludes halogenated alkanes) is 1. The largest absolute Gasteiger partial charge is 0.340 e. The predicted molar refractivity (Wildman–Crippen MR) is 72.8 cm³/mol. The van der Waals surface area contributed by atoms with Crippen molar-refractivity contribution in [1.29, 1.82) is 5.26 Å². The highest BCUT2D eigenvalue weighted by Crippen LogP contribution is 2.26. The first kappa shape index (κ1) is 15.0. The van der Waals surface area contributed by atoms with Gasteiger partial charge in [0.15, 0.2) is 0 Å². The third-order valence-corrected chi connectivity index (χ3v) is 4.00. The minimum absolute atomic E-state index is 0.0318. The van der Waals surface area contributed by atoms with Crippen LogP contribution < -0.4 is 5.32 Å². The second kappa shape index (κ2) is 8.13. The third kappa shape index (κ3) is 4.68. The normalized spacial score (nSPS) is 19.8. The van der Waals surface area contributed by atoms with E-state index in [0.29, 0.717) is 5.92 Å². The maximum absolute atomic E-state index is 12.0. The smallest absolute Gasteiger partial charge is 0.223 e. The number of nitrogens with one attached hydrogen (secondary N) is 1. The van der Waals surface area contributed by atoms with Crippen LogP contribution in [0.5, 0.6) is 0 Å². The number of nitriles is 1. The van der Waals surface area contributed by atoms with E-state index in [-0.39, 0.29) is 17.9 Å². The molecule has 1 fully saturated rings. The molecule has 3 heteroatoms. The van der Waals surface area contributed by atoms with Gasteiger partial charge in [0.05, 0.1) is 6.07 Å². The van der Waals surface area contributed by atoms with E-state index < -0.39 is 0 Å². The molecule has 0 spiro atoms. The van der Waals surface area contributed by atoms with E-state index >= 15 is 0 Å². The Morgan fingerprint density at radius 2 is 2.06 bits per heavy atom. The molecule has 0 aliphatic heterocycles. The van der Waals surface area contributed by atoms with Crippen molar-refractivity contribution >= 4 is 5.91 Å². The SMILES string of the molecule is CCCCC(C)C(=O)NC(C#N)C1CCCCC1. The molecule has 1 aliphatic rings. The number of nitrogens with zero attached hydrogens (tertiary/aromatic N) is 1. The molecule has 1 amide bonds. The van der Waals surface area contributed by atoms with Crippen LogP contribution in [0.4, 0.5) is 0 Å². The maximum Gasteiger partial charge on any atom is 0.223 e. The molecule has 18 heavy (non-hydrogen) atoms. The lowest BCUT2D eigenvalue weighted by atomic mass is 9.84. The monoisotopic (exact) mass is 250 g/mol. The topological polar surface area (TPSA) is 52.9 Å². The van der Waals surface area contributed by atoms with Gasteiger partial charge in [-0.2, -0.15) is 5.26 Å². The molecule has 0 aromatic rings. The van der Waals surface area contributed by atoms with Crippen molar-refractivity contribution in [1.82, 2.24) is 5.32 Å². The van der Waals surface area contributed by atoms with Crippen molar-refractivity contribution in [3.8, 4) is 6.07 Å². The summed E-state index contributed by atoms with van der Waals surface area (Å²) in [6, 6.07) is 2.01.